The van der Waals surface area contributed by atoms with Gasteiger partial charge in [0, 0.05) is 12.0 Å². The number of aromatic amines is 1. The molecule has 11 nitrogen and oxygen atoms in total. The number of nitrogens with one attached hydrogen (secondary N) is 2. The lowest BCUT2D eigenvalue weighted by Gasteiger charge is -2.32. The van der Waals surface area contributed by atoms with E-state index in [1.807, 2.05) is 13.8 Å². The number of nitrogens with zero attached hydrogens (tertiary/aromatic N) is 6. The fourth-order valence-electron chi connectivity index (χ4n) is 5.12. The lowest BCUT2D eigenvalue weighted by molar-refractivity contribution is -0.116. The molecule has 1 saturated carbocycles. The van der Waals surface area contributed by atoms with E-state index in [-0.39, 0.29) is 11.9 Å². The van der Waals surface area contributed by atoms with E-state index < -0.39 is 5.60 Å². The predicted octanol–water partition coefficient (Wildman–Crippen LogP) is 3.86. The molecule has 0 spiro atoms. The highest BCUT2D eigenvalue weighted by Crippen LogP contribution is 2.40. The number of fused-ring (bicyclic) bond motifs is 1. The Hall–Kier alpha value is -3.89. The smallest absolute Gasteiger partial charge is 0.269 e. The third kappa shape index (κ3) is 5.05. The van der Waals surface area contributed by atoms with Crippen LogP contribution in [-0.2, 0) is 4.79 Å². The zero-order chi connectivity index (χ0) is 25.3. The zero-order valence-electron chi connectivity index (χ0n) is 20.8. The van der Waals surface area contributed by atoms with Crippen molar-refractivity contribution in [3.8, 4) is 5.88 Å². The Bertz CT molecular complexity index is 1260. The first-order valence-corrected chi connectivity index (χ1v) is 12.3. The van der Waals surface area contributed by atoms with Crippen molar-refractivity contribution in [3.63, 3.8) is 0 Å². The van der Waals surface area contributed by atoms with Crippen LogP contribution in [0.25, 0.3) is 0 Å². The summed E-state index contributed by atoms with van der Waals surface area (Å²) in [6, 6.07) is 8.62. The van der Waals surface area contributed by atoms with E-state index in [0.717, 1.165) is 43.4 Å². The van der Waals surface area contributed by atoms with Gasteiger partial charge >= 0.3 is 0 Å². The number of carbonyl (C=O) groups excluding carboxylic acids is 1. The largest absolute Gasteiger partial charge is 0.463 e. The maximum atomic E-state index is 12.1. The number of tetrazole rings is 1. The molecule has 0 saturated heterocycles. The van der Waals surface area contributed by atoms with Gasteiger partial charge in [-0.05, 0) is 75.5 Å². The monoisotopic (exact) mass is 489 g/mol. The van der Waals surface area contributed by atoms with Gasteiger partial charge in [-0.1, -0.05) is 29.4 Å². The van der Waals surface area contributed by atoms with Gasteiger partial charge in [0.2, 0.25) is 11.8 Å². The number of benzene rings is 1. The van der Waals surface area contributed by atoms with Crippen LogP contribution >= 0.6 is 0 Å². The Morgan fingerprint density at radius 1 is 1.17 bits per heavy atom. The normalized spacial score (nSPS) is 20.7. The molecule has 1 aliphatic heterocycles. The van der Waals surface area contributed by atoms with E-state index in [4.69, 9.17) is 15.5 Å². The highest BCUT2D eigenvalue weighted by Gasteiger charge is 2.35. The van der Waals surface area contributed by atoms with E-state index in [9.17, 15) is 4.79 Å². The van der Waals surface area contributed by atoms with Crippen molar-refractivity contribution >= 4 is 29.1 Å². The number of hydrogen-bond donors (Lipinski definition) is 3. The maximum absolute atomic E-state index is 12.1. The van der Waals surface area contributed by atoms with E-state index in [1.54, 1.807) is 6.92 Å². The van der Waals surface area contributed by atoms with Crippen LogP contribution in [0.2, 0.25) is 0 Å². The van der Waals surface area contributed by atoms with Gasteiger partial charge in [0.1, 0.15) is 11.4 Å². The molecule has 188 valence electrons. The first kappa shape index (κ1) is 23.8. The number of carbonyl (C=O) groups is 1. The van der Waals surface area contributed by atoms with Gasteiger partial charge in [-0.3, -0.25) is 10.1 Å². The minimum Gasteiger partial charge on any atom is -0.463 e. The summed E-state index contributed by atoms with van der Waals surface area (Å²) in [7, 11) is 0. The quantitative estimate of drug-likeness (QED) is 0.471. The number of aliphatic imine (C=N–C) groups is 1. The molecule has 11 heteroatoms. The number of hydrogen-bond acceptors (Lipinski definition) is 9. The van der Waals surface area contributed by atoms with E-state index >= 15 is 0 Å². The van der Waals surface area contributed by atoms with Crippen molar-refractivity contribution in [2.75, 3.05) is 11.1 Å². The van der Waals surface area contributed by atoms with Gasteiger partial charge in [-0.15, -0.1) is 5.10 Å². The number of aryl methyl sites for hydroxylation is 1. The number of H-pyrrole nitrogens is 1. The van der Waals surface area contributed by atoms with Crippen LogP contribution in [-0.4, -0.2) is 47.8 Å². The molecule has 2 aliphatic rings. The van der Waals surface area contributed by atoms with E-state index in [2.05, 4.69) is 60.2 Å². The first-order chi connectivity index (χ1) is 17.3. The summed E-state index contributed by atoms with van der Waals surface area (Å²) in [6.07, 6.45) is 5.81. The second-order valence-corrected chi connectivity index (χ2v) is 10.0. The van der Waals surface area contributed by atoms with Gasteiger partial charge < -0.3 is 10.5 Å². The summed E-state index contributed by atoms with van der Waals surface area (Å²) in [6.45, 7) is 5.76. The van der Waals surface area contributed by atoms with Crippen LogP contribution in [0.1, 0.15) is 75.2 Å². The lowest BCUT2D eigenvalue weighted by atomic mass is 9.77. The van der Waals surface area contributed by atoms with Crippen LogP contribution in [0.4, 0.5) is 17.5 Å². The van der Waals surface area contributed by atoms with E-state index in [1.165, 1.54) is 5.56 Å². The average Bonchev–Trinajstić information content (AvgIpc) is 3.35. The molecule has 1 aliphatic carbocycles. The minimum absolute atomic E-state index is 0.0716. The fourth-order valence-corrected chi connectivity index (χ4v) is 5.12. The van der Waals surface area contributed by atoms with Crippen LogP contribution in [0, 0.1) is 12.8 Å². The van der Waals surface area contributed by atoms with Crippen LogP contribution in [0.5, 0.6) is 5.88 Å². The highest BCUT2D eigenvalue weighted by molar-refractivity contribution is 6.09. The summed E-state index contributed by atoms with van der Waals surface area (Å²) in [5.41, 5.74) is 9.09. The number of anilines is 2. The Morgan fingerprint density at radius 3 is 2.61 bits per heavy atom. The summed E-state index contributed by atoms with van der Waals surface area (Å²) in [5.74, 6) is 2.54. The Balaban J connectivity index is 1.20. The number of nitrogen functional groups attached to an aromatic ring is 1. The molecule has 4 N–H and O–H groups in total. The molecule has 1 fully saturated rings. The molecule has 0 unspecified atom stereocenters. The number of amides is 1. The molecular formula is C25H31N9O2. The molecule has 1 amide bonds. The number of nitrogens with two attached hydrogens (primary N) is 1. The van der Waals surface area contributed by atoms with E-state index in [0.29, 0.717) is 41.5 Å². The van der Waals surface area contributed by atoms with Crippen molar-refractivity contribution in [2.24, 2.45) is 10.9 Å². The van der Waals surface area contributed by atoms with Crippen LogP contribution in [0.3, 0.4) is 0 Å². The minimum atomic E-state index is -0.643. The predicted molar refractivity (Wildman–Crippen MR) is 135 cm³/mol. The summed E-state index contributed by atoms with van der Waals surface area (Å²) < 4.78 is 6.17. The topological polar surface area (TPSA) is 157 Å². The fraction of sp³-hybridized carbons (Fsp3) is 0.480. The first-order valence-electron chi connectivity index (χ1n) is 12.3. The van der Waals surface area contributed by atoms with Crippen molar-refractivity contribution < 1.29 is 9.53 Å². The summed E-state index contributed by atoms with van der Waals surface area (Å²) >= 11 is 0. The third-order valence-electron chi connectivity index (χ3n) is 7.02. The molecule has 0 atom stereocenters. The van der Waals surface area contributed by atoms with Gasteiger partial charge in [0.25, 0.3) is 5.95 Å². The van der Waals surface area contributed by atoms with Gasteiger partial charge in [0.05, 0.1) is 5.71 Å². The number of aromatic nitrogens is 6. The molecule has 1 aromatic carbocycles. The number of rotatable bonds is 6. The molecule has 0 bridgehead atoms. The lowest BCUT2D eigenvalue weighted by Crippen LogP contribution is -2.41. The standard InChI is InChI=1S/C25H31N9O2/c1-14-27-22(26)20-23(28-14)36-25(2,3)21(30-20)18-11-9-17(10-12-18)16-7-4-15(5-8-16)6-13-19(35)29-24-31-33-34-32-24/h9-12,15-16H,4-8,13H2,1-3H3,(H2,26,27,28)(H2,29,31,32,33,34,35). The summed E-state index contributed by atoms with van der Waals surface area (Å²) in [5, 5.41) is 15.9. The second kappa shape index (κ2) is 9.63. The Morgan fingerprint density at radius 2 is 1.92 bits per heavy atom. The SMILES string of the molecule is Cc1nc(N)c2c(n1)OC(C)(C)C(c1ccc(C3CCC(CCC(=O)Nc4nn[nH]n4)CC3)cc1)=N2. The van der Waals surface area contributed by atoms with Crippen molar-refractivity contribution in [1.29, 1.82) is 0 Å². The van der Waals surface area contributed by atoms with Crippen molar-refractivity contribution in [2.45, 2.75) is 70.8 Å². The van der Waals surface area contributed by atoms with Gasteiger partial charge in [-0.25, -0.2) is 9.98 Å². The highest BCUT2D eigenvalue weighted by atomic mass is 16.5. The van der Waals surface area contributed by atoms with Crippen molar-refractivity contribution in [1.82, 2.24) is 30.6 Å². The third-order valence-corrected chi connectivity index (χ3v) is 7.02. The molecule has 2 aromatic heterocycles. The van der Waals surface area contributed by atoms with Crippen LogP contribution in [0.15, 0.2) is 29.3 Å². The number of ether oxygens (including phenoxy) is 1. The maximum Gasteiger partial charge on any atom is 0.269 e. The summed E-state index contributed by atoms with van der Waals surface area (Å²) in [4.78, 5) is 25.5. The molecule has 0 radical (unpaired) electrons. The Labute approximate surface area is 209 Å². The zero-order valence-corrected chi connectivity index (χ0v) is 20.8. The second-order valence-electron chi connectivity index (χ2n) is 10.0. The molecule has 3 heterocycles. The molecular weight excluding hydrogens is 458 g/mol. The Kier molecular flexibility index (Phi) is 6.38. The average molecular weight is 490 g/mol. The molecule has 5 rings (SSSR count). The van der Waals surface area contributed by atoms with Gasteiger partial charge in [-0.2, -0.15) is 10.2 Å². The van der Waals surface area contributed by atoms with Gasteiger partial charge in [0.15, 0.2) is 11.5 Å². The van der Waals surface area contributed by atoms with Crippen molar-refractivity contribution in [3.05, 3.63) is 41.2 Å². The molecule has 3 aromatic rings. The van der Waals surface area contributed by atoms with Crippen LogP contribution < -0.4 is 15.8 Å². The molecule has 36 heavy (non-hydrogen) atoms.